The standard InChI is InChI=1S/C22H21N3OS.C21H19N3OS2.C20H17N3O2S.C20H17N3OS2/c1-14-8-10-16(11-9-14)19-13-17-18(12-15-6-4-5-7-15)23-24-20(21(17)27-19)22(26)25(2)3;1-13-4-6-15(7-5-13)18-11-16-17(10-14-8-9-26-12-14)22-23-19(20(16)27-18)21(25)24(2)3;2*1-12-3-5-14(6-4-12)17-10-15-16(9-13-7-8-25-11-13)22-23-18(19(15)26-17)20(24)21-2/h4,6-11,13H,5,12H2,1-3H3;4-9,11-12H,10H2,1-3H3;2*3-8,10-11H,9H2,1-2H3,(H,21,24). The van der Waals surface area contributed by atoms with Crippen molar-refractivity contribution in [3.05, 3.63) is 282 Å². The van der Waals surface area contributed by atoms with Crippen molar-refractivity contribution in [2.45, 2.75) is 59.8 Å². The largest absolute Gasteiger partial charge is 0.472 e. The van der Waals surface area contributed by atoms with Gasteiger partial charge >= 0.3 is 0 Å². The smallest absolute Gasteiger partial charge is 0.275 e. The van der Waals surface area contributed by atoms with E-state index < -0.39 is 0 Å². The second-order valence-electron chi connectivity index (χ2n) is 25.9. The summed E-state index contributed by atoms with van der Waals surface area (Å²) in [6.45, 7) is 8.30. The summed E-state index contributed by atoms with van der Waals surface area (Å²) in [6, 6.07) is 48.3. The summed E-state index contributed by atoms with van der Waals surface area (Å²) in [5.74, 6) is -0.667. The molecule has 106 heavy (non-hydrogen) atoms. The molecule has 1 aliphatic rings. The molecule has 0 spiro atoms. The molecule has 0 atom stereocenters. The molecule has 0 radical (unpaired) electrons. The Kier molecular flexibility index (Phi) is 22.9. The van der Waals surface area contributed by atoms with E-state index in [9.17, 15) is 19.2 Å². The maximum Gasteiger partial charge on any atom is 0.275 e. The highest BCUT2D eigenvalue weighted by Gasteiger charge is 2.25. The number of rotatable bonds is 16. The number of hydrogen-bond acceptors (Lipinski definition) is 19. The number of hydrogen-bond donors (Lipinski definition) is 2. The third-order valence-corrected chi connectivity index (χ3v) is 23.9. The number of aryl methyl sites for hydroxylation is 4. The number of furan rings is 1. The lowest BCUT2D eigenvalue weighted by atomic mass is 10.1. The van der Waals surface area contributed by atoms with Gasteiger partial charge in [0.2, 0.25) is 0 Å². The average Bonchev–Trinajstić information content (AvgIpc) is 1.63. The molecule has 532 valence electrons. The van der Waals surface area contributed by atoms with E-state index in [-0.39, 0.29) is 23.6 Å². The van der Waals surface area contributed by atoms with Crippen molar-refractivity contribution in [3.8, 4) is 41.8 Å². The first kappa shape index (κ1) is 73.4. The Hall–Kier alpha value is -10.9. The van der Waals surface area contributed by atoms with Gasteiger partial charge in [0.1, 0.15) is 0 Å². The van der Waals surface area contributed by atoms with Crippen molar-refractivity contribution in [1.29, 1.82) is 0 Å². The van der Waals surface area contributed by atoms with E-state index in [2.05, 4.69) is 252 Å². The van der Waals surface area contributed by atoms with E-state index in [0.29, 0.717) is 42.0 Å². The predicted molar refractivity (Wildman–Crippen MR) is 434 cm³/mol. The SMILES string of the molecule is CNC(=O)c1nnc(Cc2ccoc2)c2cc(-c3ccc(C)cc3)sc12.CNC(=O)c1nnc(Cc2ccsc2)c2cc(-c3ccc(C)cc3)sc12.Cc1ccc(-c2cc3c(CC4=CCC=C4)nnc(C(=O)N(C)C)c3s2)cc1.Cc1ccc(-c2cc3c(Cc4ccsc4)nnc(C(=O)N(C)C)c3s2)cc1. The minimum Gasteiger partial charge on any atom is -0.472 e. The summed E-state index contributed by atoms with van der Waals surface area (Å²) in [5.41, 5.74) is 19.3. The minimum absolute atomic E-state index is 0.115. The van der Waals surface area contributed by atoms with Gasteiger partial charge in [0.25, 0.3) is 23.6 Å². The van der Waals surface area contributed by atoms with E-state index >= 15 is 0 Å². The van der Waals surface area contributed by atoms with Crippen LogP contribution in [0.1, 0.15) is 110 Å². The van der Waals surface area contributed by atoms with Crippen molar-refractivity contribution in [2.75, 3.05) is 42.3 Å². The highest BCUT2D eigenvalue weighted by Crippen LogP contribution is 2.42. The normalized spacial score (nSPS) is 11.6. The van der Waals surface area contributed by atoms with Crippen LogP contribution in [-0.2, 0) is 25.7 Å². The number of nitrogens with one attached hydrogen (secondary N) is 2. The van der Waals surface area contributed by atoms with Gasteiger partial charge in [-0.05, 0) is 143 Å². The number of carbonyl (C=O) groups is 4. The summed E-state index contributed by atoms with van der Waals surface area (Å²) >= 11 is 9.72. The number of amides is 4. The molecule has 4 amide bonds. The Morgan fingerprint density at radius 3 is 1.04 bits per heavy atom. The topological polar surface area (TPSA) is 215 Å². The van der Waals surface area contributed by atoms with Gasteiger partial charge in [-0.1, -0.05) is 138 Å². The summed E-state index contributed by atoms with van der Waals surface area (Å²) < 4.78 is 8.72. The van der Waals surface area contributed by atoms with Gasteiger partial charge in [-0.3, -0.25) is 19.2 Å². The molecule has 11 heterocycles. The van der Waals surface area contributed by atoms with Crippen LogP contribution in [0.3, 0.4) is 0 Å². The van der Waals surface area contributed by atoms with Crippen LogP contribution in [0.5, 0.6) is 0 Å². The maximum atomic E-state index is 12.6. The van der Waals surface area contributed by atoms with E-state index in [0.717, 1.165) is 123 Å². The monoisotopic (exact) mass is 1510 g/mol. The first-order valence-corrected chi connectivity index (χ1v) is 39.2. The van der Waals surface area contributed by atoms with Crippen LogP contribution >= 0.6 is 68.0 Å². The molecule has 0 aliphatic heterocycles. The fourth-order valence-electron chi connectivity index (χ4n) is 11.8. The zero-order valence-electron chi connectivity index (χ0n) is 60.0. The average molecular weight is 1510 g/mol. The van der Waals surface area contributed by atoms with Crippen LogP contribution in [0.2, 0.25) is 0 Å². The van der Waals surface area contributed by atoms with E-state index in [4.69, 9.17) is 4.42 Å². The maximum absolute atomic E-state index is 12.6. The van der Waals surface area contributed by atoms with Gasteiger partial charge < -0.3 is 24.9 Å². The number of fused-ring (bicyclic) bond motifs is 4. The Labute approximate surface area is 637 Å². The molecular formula is C83H74N12O5S6. The van der Waals surface area contributed by atoms with Crippen molar-refractivity contribution in [3.63, 3.8) is 0 Å². The lowest BCUT2D eigenvalue weighted by molar-refractivity contribution is 0.0816. The first-order chi connectivity index (χ1) is 51.4. The molecule has 0 fully saturated rings. The van der Waals surface area contributed by atoms with Gasteiger partial charge in [-0.2, -0.15) is 43.1 Å². The number of benzene rings is 4. The fourth-order valence-corrected chi connectivity index (χ4v) is 17.8. The second kappa shape index (κ2) is 33.0. The van der Waals surface area contributed by atoms with Crippen molar-refractivity contribution in [2.24, 2.45) is 0 Å². The summed E-state index contributed by atoms with van der Waals surface area (Å²) in [4.78, 5) is 57.2. The molecule has 16 rings (SSSR count). The highest BCUT2D eigenvalue weighted by atomic mass is 32.1. The van der Waals surface area contributed by atoms with Gasteiger partial charge in [-0.15, -0.1) is 65.7 Å². The number of nitrogens with zero attached hydrogens (tertiary/aromatic N) is 10. The molecule has 0 saturated heterocycles. The van der Waals surface area contributed by atoms with Gasteiger partial charge in [-0.25, -0.2) is 0 Å². The molecule has 4 aromatic carbocycles. The van der Waals surface area contributed by atoms with Gasteiger partial charge in [0, 0.05) is 109 Å². The van der Waals surface area contributed by atoms with Crippen LogP contribution in [0, 0.1) is 27.7 Å². The van der Waals surface area contributed by atoms with Crippen molar-refractivity contribution in [1.82, 2.24) is 61.2 Å². The highest BCUT2D eigenvalue weighted by molar-refractivity contribution is 7.24. The summed E-state index contributed by atoms with van der Waals surface area (Å²) in [5, 5.41) is 52.3. The Morgan fingerprint density at radius 1 is 0.415 bits per heavy atom. The van der Waals surface area contributed by atoms with E-state index in [1.807, 2.05) is 6.07 Å². The van der Waals surface area contributed by atoms with Crippen LogP contribution in [-0.4, -0.2) is 117 Å². The molecule has 23 heteroatoms. The number of thiophene rings is 6. The molecule has 0 bridgehead atoms. The van der Waals surface area contributed by atoms with Gasteiger partial charge in [0.05, 0.1) is 54.1 Å². The second-order valence-corrected chi connectivity index (χ2v) is 31.7. The lowest BCUT2D eigenvalue weighted by Crippen LogP contribution is -2.23. The number of allylic oxidation sites excluding steroid dienone is 4. The van der Waals surface area contributed by atoms with Crippen LogP contribution in [0.25, 0.3) is 82.1 Å². The van der Waals surface area contributed by atoms with E-state index in [1.165, 1.54) is 39.0 Å². The molecule has 15 aromatic rings. The summed E-state index contributed by atoms with van der Waals surface area (Å²) in [7, 11) is 10.2. The van der Waals surface area contributed by atoms with E-state index in [1.54, 1.807) is 133 Å². The zero-order chi connectivity index (χ0) is 74.1. The number of carbonyl (C=O) groups excluding carboxylic acids is 4. The van der Waals surface area contributed by atoms with Crippen LogP contribution in [0.15, 0.2) is 202 Å². The molecule has 1 aliphatic carbocycles. The summed E-state index contributed by atoms with van der Waals surface area (Å²) in [6.07, 6.45) is 13.6. The third kappa shape index (κ3) is 16.7. The Morgan fingerprint density at radius 2 is 0.745 bits per heavy atom. The van der Waals surface area contributed by atoms with Gasteiger partial charge in [0.15, 0.2) is 22.8 Å². The molecule has 17 nitrogen and oxygen atoms in total. The van der Waals surface area contributed by atoms with Crippen molar-refractivity contribution < 1.29 is 23.6 Å². The predicted octanol–water partition coefficient (Wildman–Crippen LogP) is 18.7. The quantitative estimate of drug-likeness (QED) is 0.0922. The van der Waals surface area contributed by atoms with Crippen molar-refractivity contribution >= 4 is 132 Å². The fraction of sp³-hybridized carbons (Fsp3) is 0.181. The zero-order valence-corrected chi connectivity index (χ0v) is 64.9. The van der Waals surface area contributed by atoms with Crippen LogP contribution < -0.4 is 10.6 Å². The molecular weight excluding hydrogens is 1440 g/mol. The third-order valence-electron chi connectivity index (χ3n) is 17.6. The lowest BCUT2D eigenvalue weighted by Gasteiger charge is -2.10. The Bertz CT molecular complexity index is 5540. The number of aromatic nitrogens is 8. The molecule has 0 saturated carbocycles. The molecule has 11 aromatic heterocycles. The first-order valence-electron chi connectivity index (χ1n) is 34.1. The van der Waals surface area contributed by atoms with Crippen LogP contribution in [0.4, 0.5) is 0 Å². The molecule has 0 unspecified atom stereocenters. The Balaban J connectivity index is 0.000000125. The molecule has 2 N–H and O–H groups in total. The minimum atomic E-state index is -0.227.